The Balaban J connectivity index is 1.82. The highest BCUT2D eigenvalue weighted by atomic mass is 16.1. The standard InChI is InChI=1S/C17H14N2O/c20-17(12-19-14-6-2-1-3-7-14)16-8-4-5-13-11-18-10-9-15(13)16/h1-11,19H,12H2. The van der Waals surface area contributed by atoms with Crippen LogP contribution in [0.25, 0.3) is 10.8 Å². The first-order chi connectivity index (χ1) is 9.84. The Hall–Kier alpha value is -2.68. The smallest absolute Gasteiger partial charge is 0.182 e. The average molecular weight is 262 g/mol. The quantitative estimate of drug-likeness (QED) is 0.731. The van der Waals surface area contributed by atoms with Gasteiger partial charge in [-0.25, -0.2) is 0 Å². The van der Waals surface area contributed by atoms with Crippen LogP contribution in [0.1, 0.15) is 10.4 Å². The van der Waals surface area contributed by atoms with E-state index in [1.165, 1.54) is 0 Å². The lowest BCUT2D eigenvalue weighted by Crippen LogP contribution is -2.14. The molecule has 0 aliphatic carbocycles. The lowest BCUT2D eigenvalue weighted by atomic mass is 10.0. The number of benzene rings is 2. The average Bonchev–Trinajstić information content (AvgIpc) is 2.53. The van der Waals surface area contributed by atoms with Crippen LogP contribution < -0.4 is 5.32 Å². The predicted molar refractivity (Wildman–Crippen MR) is 81.0 cm³/mol. The number of carbonyl (C=O) groups is 1. The van der Waals surface area contributed by atoms with Crippen molar-refractivity contribution >= 4 is 22.2 Å². The van der Waals surface area contributed by atoms with Gasteiger partial charge >= 0.3 is 0 Å². The van der Waals surface area contributed by atoms with E-state index >= 15 is 0 Å². The molecule has 3 heteroatoms. The van der Waals surface area contributed by atoms with Gasteiger partial charge in [0.2, 0.25) is 0 Å². The zero-order chi connectivity index (χ0) is 13.8. The van der Waals surface area contributed by atoms with Crippen LogP contribution in [0.5, 0.6) is 0 Å². The van der Waals surface area contributed by atoms with E-state index in [0.29, 0.717) is 0 Å². The van der Waals surface area contributed by atoms with E-state index in [9.17, 15) is 4.79 Å². The summed E-state index contributed by atoms with van der Waals surface area (Å²) in [5.74, 6) is 0.0747. The van der Waals surface area contributed by atoms with Gasteiger partial charge in [0, 0.05) is 29.0 Å². The summed E-state index contributed by atoms with van der Waals surface area (Å²) in [5, 5.41) is 5.07. The minimum atomic E-state index is 0.0747. The number of fused-ring (bicyclic) bond motifs is 1. The number of para-hydroxylation sites is 1. The van der Waals surface area contributed by atoms with Crippen LogP contribution in [-0.2, 0) is 0 Å². The van der Waals surface area contributed by atoms with E-state index in [-0.39, 0.29) is 12.3 Å². The molecule has 3 aromatic rings. The molecule has 0 unspecified atom stereocenters. The van der Waals surface area contributed by atoms with Gasteiger partial charge in [0.1, 0.15) is 0 Å². The van der Waals surface area contributed by atoms with Crippen molar-refractivity contribution in [3.63, 3.8) is 0 Å². The van der Waals surface area contributed by atoms with Crippen LogP contribution >= 0.6 is 0 Å². The number of rotatable bonds is 4. The second kappa shape index (κ2) is 5.53. The van der Waals surface area contributed by atoms with Gasteiger partial charge < -0.3 is 5.32 Å². The molecule has 0 saturated carbocycles. The first-order valence-electron chi connectivity index (χ1n) is 6.49. The first-order valence-corrected chi connectivity index (χ1v) is 6.49. The van der Waals surface area contributed by atoms with Gasteiger partial charge in [0.15, 0.2) is 5.78 Å². The summed E-state index contributed by atoms with van der Waals surface area (Å²) < 4.78 is 0. The maximum absolute atomic E-state index is 12.3. The minimum absolute atomic E-state index is 0.0747. The normalized spacial score (nSPS) is 10.4. The van der Waals surface area contributed by atoms with E-state index in [1.54, 1.807) is 12.4 Å². The highest BCUT2D eigenvalue weighted by Crippen LogP contribution is 2.18. The van der Waals surface area contributed by atoms with Gasteiger partial charge in [0.25, 0.3) is 0 Å². The molecule has 1 heterocycles. The molecule has 0 spiro atoms. The zero-order valence-electron chi connectivity index (χ0n) is 10.9. The van der Waals surface area contributed by atoms with Crippen LogP contribution in [0, 0.1) is 0 Å². The van der Waals surface area contributed by atoms with E-state index < -0.39 is 0 Å². The number of anilines is 1. The number of Topliss-reactive ketones (excluding diaryl/α,β-unsaturated/α-hetero) is 1. The summed E-state index contributed by atoms with van der Waals surface area (Å²) in [6.45, 7) is 0.283. The summed E-state index contributed by atoms with van der Waals surface area (Å²) in [6, 6.07) is 17.3. The molecule has 0 atom stereocenters. The van der Waals surface area contributed by atoms with Crippen LogP contribution in [0.15, 0.2) is 67.0 Å². The van der Waals surface area contributed by atoms with Crippen LogP contribution in [0.3, 0.4) is 0 Å². The number of ketones is 1. The number of hydrogen-bond donors (Lipinski definition) is 1. The number of carbonyl (C=O) groups excluding carboxylic acids is 1. The Morgan fingerprint density at radius 1 is 1.00 bits per heavy atom. The van der Waals surface area contributed by atoms with E-state index in [0.717, 1.165) is 22.0 Å². The molecular formula is C17H14N2O. The molecule has 0 saturated heterocycles. The molecule has 0 amide bonds. The minimum Gasteiger partial charge on any atom is -0.378 e. The molecule has 2 aromatic carbocycles. The second-order valence-corrected chi connectivity index (χ2v) is 4.55. The molecule has 3 rings (SSSR count). The fourth-order valence-corrected chi connectivity index (χ4v) is 2.20. The fraction of sp³-hybridized carbons (Fsp3) is 0.0588. The van der Waals surface area contributed by atoms with E-state index in [1.807, 2.05) is 54.6 Å². The van der Waals surface area contributed by atoms with Crippen molar-refractivity contribution in [3.8, 4) is 0 Å². The van der Waals surface area contributed by atoms with Gasteiger partial charge in [-0.15, -0.1) is 0 Å². The third kappa shape index (κ3) is 2.52. The molecule has 0 radical (unpaired) electrons. The third-order valence-corrected chi connectivity index (χ3v) is 3.21. The van der Waals surface area contributed by atoms with E-state index in [2.05, 4.69) is 10.3 Å². The van der Waals surface area contributed by atoms with Crippen molar-refractivity contribution in [2.45, 2.75) is 0 Å². The molecule has 0 aliphatic heterocycles. The monoisotopic (exact) mass is 262 g/mol. The topological polar surface area (TPSA) is 42.0 Å². The molecule has 0 bridgehead atoms. The molecule has 0 aliphatic rings. The second-order valence-electron chi connectivity index (χ2n) is 4.55. The fourth-order valence-electron chi connectivity index (χ4n) is 2.20. The van der Waals surface area contributed by atoms with Gasteiger partial charge in [-0.3, -0.25) is 9.78 Å². The molecule has 20 heavy (non-hydrogen) atoms. The number of pyridine rings is 1. The van der Waals surface area contributed by atoms with Crippen molar-refractivity contribution < 1.29 is 4.79 Å². The lowest BCUT2D eigenvalue weighted by molar-refractivity contribution is 0.101. The lowest BCUT2D eigenvalue weighted by Gasteiger charge is -2.07. The molecular weight excluding hydrogens is 248 g/mol. The SMILES string of the molecule is O=C(CNc1ccccc1)c1cccc2cnccc12. The van der Waals surface area contributed by atoms with Crippen molar-refractivity contribution in [2.75, 3.05) is 11.9 Å². The number of nitrogens with zero attached hydrogens (tertiary/aromatic N) is 1. The Morgan fingerprint density at radius 3 is 2.70 bits per heavy atom. The van der Waals surface area contributed by atoms with Crippen molar-refractivity contribution in [3.05, 3.63) is 72.6 Å². The van der Waals surface area contributed by atoms with Gasteiger partial charge in [0.05, 0.1) is 6.54 Å². The highest BCUT2D eigenvalue weighted by molar-refractivity contribution is 6.09. The number of hydrogen-bond acceptors (Lipinski definition) is 3. The molecule has 1 aromatic heterocycles. The summed E-state index contributed by atoms with van der Waals surface area (Å²) in [5.41, 5.74) is 1.68. The summed E-state index contributed by atoms with van der Waals surface area (Å²) in [4.78, 5) is 16.4. The highest BCUT2D eigenvalue weighted by Gasteiger charge is 2.09. The van der Waals surface area contributed by atoms with Gasteiger partial charge in [-0.2, -0.15) is 0 Å². The molecule has 3 nitrogen and oxygen atoms in total. The third-order valence-electron chi connectivity index (χ3n) is 3.21. The van der Waals surface area contributed by atoms with Crippen molar-refractivity contribution in [1.82, 2.24) is 4.98 Å². The Labute approximate surface area is 117 Å². The van der Waals surface area contributed by atoms with Crippen LogP contribution in [-0.4, -0.2) is 17.3 Å². The zero-order valence-corrected chi connectivity index (χ0v) is 10.9. The summed E-state index contributed by atoms with van der Waals surface area (Å²) in [7, 11) is 0. The Kier molecular flexibility index (Phi) is 3.42. The Morgan fingerprint density at radius 2 is 1.85 bits per heavy atom. The molecule has 98 valence electrons. The maximum atomic E-state index is 12.3. The molecule has 0 fully saturated rings. The van der Waals surface area contributed by atoms with Gasteiger partial charge in [-0.1, -0.05) is 36.4 Å². The summed E-state index contributed by atoms with van der Waals surface area (Å²) in [6.07, 6.45) is 3.49. The number of nitrogens with one attached hydrogen (secondary N) is 1. The Bertz CT molecular complexity index is 733. The van der Waals surface area contributed by atoms with Crippen LogP contribution in [0.2, 0.25) is 0 Å². The first kappa shape index (κ1) is 12.4. The largest absolute Gasteiger partial charge is 0.378 e. The van der Waals surface area contributed by atoms with Gasteiger partial charge in [-0.05, 0) is 23.6 Å². The predicted octanol–water partition coefficient (Wildman–Crippen LogP) is 3.53. The molecule has 1 N–H and O–H groups in total. The number of aromatic nitrogens is 1. The maximum Gasteiger partial charge on any atom is 0.182 e. The van der Waals surface area contributed by atoms with Crippen molar-refractivity contribution in [2.24, 2.45) is 0 Å². The van der Waals surface area contributed by atoms with E-state index in [4.69, 9.17) is 0 Å². The van der Waals surface area contributed by atoms with Crippen LogP contribution in [0.4, 0.5) is 5.69 Å². The van der Waals surface area contributed by atoms with Crippen molar-refractivity contribution in [1.29, 1.82) is 0 Å². The summed E-state index contributed by atoms with van der Waals surface area (Å²) >= 11 is 0.